The first-order valence-corrected chi connectivity index (χ1v) is 8.91. The summed E-state index contributed by atoms with van der Waals surface area (Å²) in [4.78, 5) is 2.42. The molecular weight excluding hydrogens is 316 g/mol. The number of hydrogen-bond acceptors (Lipinski definition) is 2. The van der Waals surface area contributed by atoms with Crippen LogP contribution in [0.5, 0.6) is 0 Å². The van der Waals surface area contributed by atoms with Gasteiger partial charge in [0.2, 0.25) is 0 Å². The summed E-state index contributed by atoms with van der Waals surface area (Å²) in [6.07, 6.45) is 0. The Morgan fingerprint density at radius 1 is 0.538 bits per heavy atom. The standard InChI is InChI=1S/C24H22N2/c25-23-15-16-24(22-14-8-7-13-21(22)23)26(17-19-9-3-1-4-10-19)18-20-11-5-2-6-12-20/h1-16H,17-18,25H2. The van der Waals surface area contributed by atoms with Gasteiger partial charge in [0.05, 0.1) is 0 Å². The van der Waals surface area contributed by atoms with Gasteiger partial charge in [0, 0.05) is 35.2 Å². The Labute approximate surface area is 154 Å². The molecule has 0 spiro atoms. The molecule has 0 saturated heterocycles. The van der Waals surface area contributed by atoms with Crippen molar-refractivity contribution in [2.75, 3.05) is 10.6 Å². The molecule has 2 nitrogen and oxygen atoms in total. The molecule has 0 bridgehead atoms. The van der Waals surface area contributed by atoms with E-state index in [1.807, 2.05) is 12.1 Å². The fourth-order valence-electron chi connectivity index (χ4n) is 3.42. The Kier molecular flexibility index (Phi) is 4.57. The van der Waals surface area contributed by atoms with Gasteiger partial charge in [0.15, 0.2) is 0 Å². The van der Waals surface area contributed by atoms with E-state index in [9.17, 15) is 0 Å². The van der Waals surface area contributed by atoms with Crippen molar-refractivity contribution in [3.8, 4) is 0 Å². The molecule has 0 fully saturated rings. The Hall–Kier alpha value is -3.26. The molecule has 128 valence electrons. The van der Waals surface area contributed by atoms with E-state index in [4.69, 9.17) is 5.73 Å². The molecule has 0 saturated carbocycles. The van der Waals surface area contributed by atoms with E-state index in [1.165, 1.54) is 22.2 Å². The molecule has 0 amide bonds. The highest BCUT2D eigenvalue weighted by atomic mass is 15.1. The minimum absolute atomic E-state index is 0.823. The average Bonchev–Trinajstić information content (AvgIpc) is 2.70. The number of fused-ring (bicyclic) bond motifs is 1. The Bertz CT molecular complexity index is 953. The predicted octanol–water partition coefficient (Wildman–Crippen LogP) is 5.63. The largest absolute Gasteiger partial charge is 0.398 e. The van der Waals surface area contributed by atoms with Crippen LogP contribution in [-0.4, -0.2) is 0 Å². The molecular formula is C24H22N2. The molecule has 4 aromatic rings. The number of hydrogen-bond donors (Lipinski definition) is 1. The molecule has 0 aromatic heterocycles. The Morgan fingerprint density at radius 2 is 1.04 bits per heavy atom. The number of nitrogen functional groups attached to an aromatic ring is 1. The molecule has 0 aliphatic heterocycles. The zero-order valence-corrected chi connectivity index (χ0v) is 14.7. The van der Waals surface area contributed by atoms with Gasteiger partial charge in [-0.2, -0.15) is 0 Å². The number of nitrogens with two attached hydrogens (primary N) is 1. The summed E-state index contributed by atoms with van der Waals surface area (Å²) in [6.45, 7) is 1.70. The summed E-state index contributed by atoms with van der Waals surface area (Å²) in [5.74, 6) is 0. The van der Waals surface area contributed by atoms with Gasteiger partial charge in [0.25, 0.3) is 0 Å². The van der Waals surface area contributed by atoms with Crippen LogP contribution in [0.2, 0.25) is 0 Å². The van der Waals surface area contributed by atoms with Gasteiger partial charge in [-0.25, -0.2) is 0 Å². The molecule has 0 radical (unpaired) electrons. The molecule has 4 aromatic carbocycles. The fourth-order valence-corrected chi connectivity index (χ4v) is 3.42. The second-order valence-electron chi connectivity index (χ2n) is 6.55. The molecule has 4 rings (SSSR count). The van der Waals surface area contributed by atoms with Crippen molar-refractivity contribution in [1.82, 2.24) is 0 Å². The van der Waals surface area contributed by atoms with Crippen LogP contribution in [0, 0.1) is 0 Å². The molecule has 2 heteroatoms. The van der Waals surface area contributed by atoms with E-state index in [1.54, 1.807) is 0 Å². The lowest BCUT2D eigenvalue weighted by molar-refractivity contribution is 0.804. The third-order valence-electron chi connectivity index (χ3n) is 4.71. The van der Waals surface area contributed by atoms with Crippen LogP contribution in [0.15, 0.2) is 97.1 Å². The SMILES string of the molecule is Nc1ccc(N(Cc2ccccc2)Cc2ccccc2)c2ccccc12. The minimum atomic E-state index is 0.823. The molecule has 0 heterocycles. The molecule has 0 atom stereocenters. The Morgan fingerprint density at radius 3 is 1.62 bits per heavy atom. The summed E-state index contributed by atoms with van der Waals surface area (Å²) >= 11 is 0. The van der Waals surface area contributed by atoms with Gasteiger partial charge in [0.1, 0.15) is 0 Å². The van der Waals surface area contributed by atoms with E-state index in [2.05, 4.69) is 89.8 Å². The molecule has 0 aliphatic carbocycles. The monoisotopic (exact) mass is 338 g/mol. The van der Waals surface area contributed by atoms with Crippen molar-refractivity contribution in [1.29, 1.82) is 0 Å². The first kappa shape index (κ1) is 16.2. The second kappa shape index (κ2) is 7.32. The summed E-state index contributed by atoms with van der Waals surface area (Å²) in [6, 6.07) is 33.7. The lowest BCUT2D eigenvalue weighted by Crippen LogP contribution is -2.22. The van der Waals surface area contributed by atoms with Crippen molar-refractivity contribution in [2.24, 2.45) is 0 Å². The maximum absolute atomic E-state index is 6.21. The summed E-state index contributed by atoms with van der Waals surface area (Å²) in [7, 11) is 0. The van der Waals surface area contributed by atoms with Crippen LogP contribution in [0.3, 0.4) is 0 Å². The van der Waals surface area contributed by atoms with Gasteiger partial charge < -0.3 is 10.6 Å². The van der Waals surface area contributed by atoms with Gasteiger partial charge in [-0.1, -0.05) is 84.9 Å². The first-order valence-electron chi connectivity index (χ1n) is 8.91. The molecule has 0 unspecified atom stereocenters. The predicted molar refractivity (Wildman–Crippen MR) is 111 cm³/mol. The Balaban J connectivity index is 1.79. The van der Waals surface area contributed by atoms with Crippen LogP contribution < -0.4 is 10.6 Å². The molecule has 0 aliphatic rings. The quantitative estimate of drug-likeness (QED) is 0.478. The van der Waals surface area contributed by atoms with E-state index in [-0.39, 0.29) is 0 Å². The van der Waals surface area contributed by atoms with Crippen molar-refractivity contribution < 1.29 is 0 Å². The van der Waals surface area contributed by atoms with Crippen molar-refractivity contribution in [3.05, 3.63) is 108 Å². The van der Waals surface area contributed by atoms with Gasteiger partial charge in [-0.3, -0.25) is 0 Å². The van der Waals surface area contributed by atoms with Crippen LogP contribution in [0.4, 0.5) is 11.4 Å². The normalized spacial score (nSPS) is 10.8. The molecule has 2 N–H and O–H groups in total. The third kappa shape index (κ3) is 3.40. The maximum atomic E-state index is 6.21. The van der Waals surface area contributed by atoms with Gasteiger partial charge in [-0.15, -0.1) is 0 Å². The zero-order valence-electron chi connectivity index (χ0n) is 14.7. The summed E-state index contributed by atoms with van der Waals surface area (Å²) < 4.78 is 0. The number of anilines is 2. The second-order valence-corrected chi connectivity index (χ2v) is 6.55. The summed E-state index contributed by atoms with van der Waals surface area (Å²) in [5.41, 5.74) is 10.8. The van der Waals surface area contributed by atoms with Crippen LogP contribution in [-0.2, 0) is 13.1 Å². The minimum Gasteiger partial charge on any atom is -0.398 e. The molecule has 26 heavy (non-hydrogen) atoms. The lowest BCUT2D eigenvalue weighted by atomic mass is 10.0. The van der Waals surface area contributed by atoms with Crippen molar-refractivity contribution in [3.63, 3.8) is 0 Å². The lowest BCUT2D eigenvalue weighted by Gasteiger charge is -2.27. The third-order valence-corrected chi connectivity index (χ3v) is 4.71. The van der Waals surface area contributed by atoms with Crippen LogP contribution in [0.1, 0.15) is 11.1 Å². The average molecular weight is 338 g/mol. The summed E-state index contributed by atoms with van der Waals surface area (Å²) in [5, 5.41) is 2.30. The van der Waals surface area contributed by atoms with Crippen molar-refractivity contribution in [2.45, 2.75) is 13.1 Å². The van der Waals surface area contributed by atoms with Crippen LogP contribution in [0.25, 0.3) is 10.8 Å². The number of benzene rings is 4. The van der Waals surface area contributed by atoms with E-state index in [0.29, 0.717) is 0 Å². The highest BCUT2D eigenvalue weighted by molar-refractivity contribution is 6.01. The van der Waals surface area contributed by atoms with E-state index in [0.717, 1.165) is 24.2 Å². The maximum Gasteiger partial charge on any atom is 0.0453 e. The highest BCUT2D eigenvalue weighted by Crippen LogP contribution is 2.32. The number of rotatable bonds is 5. The smallest absolute Gasteiger partial charge is 0.0453 e. The zero-order chi connectivity index (χ0) is 17.8. The van der Waals surface area contributed by atoms with Crippen molar-refractivity contribution >= 4 is 22.1 Å². The fraction of sp³-hybridized carbons (Fsp3) is 0.0833. The highest BCUT2D eigenvalue weighted by Gasteiger charge is 2.13. The van der Waals surface area contributed by atoms with Gasteiger partial charge >= 0.3 is 0 Å². The van der Waals surface area contributed by atoms with Crippen LogP contribution >= 0.6 is 0 Å². The van der Waals surface area contributed by atoms with Gasteiger partial charge in [-0.05, 0) is 23.3 Å². The first-order chi connectivity index (χ1) is 12.8. The topological polar surface area (TPSA) is 29.3 Å². The van der Waals surface area contributed by atoms with E-state index >= 15 is 0 Å². The van der Waals surface area contributed by atoms with E-state index < -0.39 is 0 Å². The number of nitrogens with zero attached hydrogens (tertiary/aromatic N) is 1.